The van der Waals surface area contributed by atoms with E-state index in [1.54, 1.807) is 11.8 Å². The Morgan fingerprint density at radius 2 is 1.95 bits per heavy atom. The first kappa shape index (κ1) is 15.0. The zero-order valence-electron chi connectivity index (χ0n) is 12.3. The van der Waals surface area contributed by atoms with Gasteiger partial charge in [0.15, 0.2) is 5.16 Å². The van der Waals surface area contributed by atoms with E-state index in [-0.39, 0.29) is 0 Å². The van der Waals surface area contributed by atoms with Gasteiger partial charge >= 0.3 is 0 Å². The average Bonchev–Trinajstić information content (AvgIpc) is 2.48. The van der Waals surface area contributed by atoms with Crippen LogP contribution in [-0.2, 0) is 6.42 Å². The molecule has 1 N–H and O–H groups in total. The molecule has 1 unspecified atom stereocenters. The molecule has 1 aromatic heterocycles. The third-order valence-electron chi connectivity index (χ3n) is 3.29. The molecule has 0 bridgehead atoms. The van der Waals surface area contributed by atoms with Crippen LogP contribution < -0.4 is 5.32 Å². The first-order chi connectivity index (χ1) is 9.72. The molecule has 0 aliphatic carbocycles. The highest BCUT2D eigenvalue weighted by Gasteiger charge is 2.10. The highest BCUT2D eigenvalue weighted by atomic mass is 32.2. The Labute approximate surface area is 125 Å². The third-order valence-corrected chi connectivity index (χ3v) is 4.25. The summed E-state index contributed by atoms with van der Waals surface area (Å²) in [6.07, 6.45) is 2.89. The maximum atomic E-state index is 4.42. The van der Waals surface area contributed by atoms with Gasteiger partial charge < -0.3 is 5.32 Å². The fraction of sp³-hybridized carbons (Fsp3) is 0.375. The van der Waals surface area contributed by atoms with Crippen LogP contribution in [0.2, 0.25) is 0 Å². The lowest BCUT2D eigenvalue weighted by molar-refractivity contribution is 0.660. The molecule has 0 amide bonds. The second-order valence-electron chi connectivity index (χ2n) is 4.73. The van der Waals surface area contributed by atoms with Gasteiger partial charge in [-0.15, -0.1) is 0 Å². The summed E-state index contributed by atoms with van der Waals surface area (Å²) in [5.41, 5.74) is 3.69. The monoisotopic (exact) mass is 287 g/mol. The van der Waals surface area contributed by atoms with Crippen molar-refractivity contribution >= 4 is 11.8 Å². The number of rotatable bonds is 6. The molecule has 20 heavy (non-hydrogen) atoms. The van der Waals surface area contributed by atoms with Gasteiger partial charge in [-0.3, -0.25) is 0 Å². The van der Waals surface area contributed by atoms with E-state index in [2.05, 4.69) is 46.5 Å². The topological polar surface area (TPSA) is 37.8 Å². The van der Waals surface area contributed by atoms with Crippen molar-refractivity contribution in [2.75, 3.05) is 12.8 Å². The summed E-state index contributed by atoms with van der Waals surface area (Å²) in [7, 11) is 2.00. The van der Waals surface area contributed by atoms with E-state index in [4.69, 9.17) is 0 Å². The molecule has 0 fully saturated rings. The Bertz CT molecular complexity index is 540. The number of hydrogen-bond donors (Lipinski definition) is 1. The van der Waals surface area contributed by atoms with Crippen molar-refractivity contribution in [1.29, 1.82) is 0 Å². The molecular formula is C16H21N3S. The van der Waals surface area contributed by atoms with Crippen molar-refractivity contribution in [3.05, 3.63) is 53.3 Å². The summed E-state index contributed by atoms with van der Waals surface area (Å²) in [5.74, 6) is 0.922. The molecule has 0 spiro atoms. The molecule has 3 nitrogen and oxygen atoms in total. The minimum absolute atomic E-state index is 0.315. The molecular weight excluding hydrogens is 266 g/mol. The Balaban J connectivity index is 2.01. The van der Waals surface area contributed by atoms with Crippen molar-refractivity contribution in [2.24, 2.45) is 0 Å². The Hall–Kier alpha value is -1.39. The number of aryl methyl sites for hydroxylation is 2. The van der Waals surface area contributed by atoms with E-state index >= 15 is 0 Å². The summed E-state index contributed by atoms with van der Waals surface area (Å²) < 4.78 is 0. The van der Waals surface area contributed by atoms with Crippen molar-refractivity contribution < 1.29 is 0 Å². The zero-order valence-corrected chi connectivity index (χ0v) is 13.1. The molecule has 106 valence electrons. The normalized spacial score (nSPS) is 12.3. The van der Waals surface area contributed by atoms with Gasteiger partial charge in [0, 0.05) is 23.7 Å². The number of nitrogens with zero attached hydrogens (tertiary/aromatic N) is 2. The molecule has 1 heterocycles. The predicted molar refractivity (Wildman–Crippen MR) is 85.1 cm³/mol. The maximum absolute atomic E-state index is 4.42. The van der Waals surface area contributed by atoms with E-state index < -0.39 is 0 Å². The predicted octanol–water partition coefficient (Wildman–Crippen LogP) is 3.40. The SMILES string of the molecule is CCc1ccc(C(CSc2nccc(C)n2)NC)cc1. The molecule has 2 rings (SSSR count). The van der Waals surface area contributed by atoms with Gasteiger partial charge in [-0.25, -0.2) is 9.97 Å². The lowest BCUT2D eigenvalue weighted by Gasteiger charge is -2.16. The van der Waals surface area contributed by atoms with E-state index in [9.17, 15) is 0 Å². The van der Waals surface area contributed by atoms with Gasteiger partial charge in [0.05, 0.1) is 0 Å². The molecule has 2 aromatic rings. The average molecular weight is 287 g/mol. The molecule has 0 saturated heterocycles. The Kier molecular flexibility index (Phi) is 5.56. The van der Waals surface area contributed by atoms with Crippen molar-refractivity contribution in [1.82, 2.24) is 15.3 Å². The summed E-state index contributed by atoms with van der Waals surface area (Å²) in [6.45, 7) is 4.17. The molecule has 0 aliphatic rings. The van der Waals surface area contributed by atoms with Gasteiger partial charge in [-0.2, -0.15) is 0 Å². The third kappa shape index (κ3) is 4.05. The minimum Gasteiger partial charge on any atom is -0.312 e. The summed E-state index contributed by atoms with van der Waals surface area (Å²) in [6, 6.07) is 11.1. The number of hydrogen-bond acceptors (Lipinski definition) is 4. The lowest BCUT2D eigenvalue weighted by atomic mass is 10.1. The fourth-order valence-corrected chi connectivity index (χ4v) is 3.00. The van der Waals surface area contributed by atoms with Crippen molar-refractivity contribution in [3.63, 3.8) is 0 Å². The molecule has 0 radical (unpaired) electrons. The molecule has 0 saturated carbocycles. The van der Waals surface area contributed by atoms with Crippen LogP contribution in [0.5, 0.6) is 0 Å². The largest absolute Gasteiger partial charge is 0.312 e. The van der Waals surface area contributed by atoms with Crippen LogP contribution >= 0.6 is 11.8 Å². The van der Waals surface area contributed by atoms with Crippen LogP contribution in [0.15, 0.2) is 41.7 Å². The highest BCUT2D eigenvalue weighted by Crippen LogP contribution is 2.22. The number of nitrogens with one attached hydrogen (secondary N) is 1. The van der Waals surface area contributed by atoms with E-state index in [0.29, 0.717) is 6.04 Å². The second-order valence-corrected chi connectivity index (χ2v) is 5.72. The minimum atomic E-state index is 0.315. The standard InChI is InChI=1S/C16H21N3S/c1-4-13-5-7-14(8-6-13)15(17-3)11-20-16-18-10-9-12(2)19-16/h5-10,15,17H,4,11H2,1-3H3. The molecule has 1 atom stereocenters. The molecule has 0 aliphatic heterocycles. The quantitative estimate of drug-likeness (QED) is 0.653. The van der Waals surface area contributed by atoms with Crippen molar-refractivity contribution in [2.45, 2.75) is 31.5 Å². The highest BCUT2D eigenvalue weighted by molar-refractivity contribution is 7.99. The summed E-state index contributed by atoms with van der Waals surface area (Å²) >= 11 is 1.69. The van der Waals surface area contributed by atoms with Crippen molar-refractivity contribution in [3.8, 4) is 0 Å². The number of thioether (sulfide) groups is 1. The number of aromatic nitrogens is 2. The molecule has 1 aromatic carbocycles. The van der Waals surface area contributed by atoms with Crippen LogP contribution in [0.25, 0.3) is 0 Å². The molecule has 4 heteroatoms. The van der Waals surface area contributed by atoms with E-state index in [1.807, 2.05) is 26.2 Å². The van der Waals surface area contributed by atoms with E-state index in [1.165, 1.54) is 11.1 Å². The second kappa shape index (κ2) is 7.41. The van der Waals surface area contributed by atoms with Gasteiger partial charge in [0.2, 0.25) is 0 Å². The van der Waals surface area contributed by atoms with Crippen LogP contribution in [0.1, 0.15) is 29.8 Å². The maximum Gasteiger partial charge on any atom is 0.187 e. The summed E-state index contributed by atoms with van der Waals surface area (Å²) in [5, 5.41) is 4.21. The van der Waals surface area contributed by atoms with Crippen LogP contribution in [0.3, 0.4) is 0 Å². The van der Waals surface area contributed by atoms with Gasteiger partial charge in [-0.05, 0) is 37.6 Å². The Morgan fingerprint density at radius 3 is 2.55 bits per heavy atom. The first-order valence-electron chi connectivity index (χ1n) is 6.91. The van der Waals surface area contributed by atoms with Gasteiger partial charge in [-0.1, -0.05) is 43.0 Å². The van der Waals surface area contributed by atoms with Crippen LogP contribution in [-0.4, -0.2) is 22.8 Å². The van der Waals surface area contributed by atoms with Gasteiger partial charge in [0.1, 0.15) is 0 Å². The van der Waals surface area contributed by atoms with Crippen LogP contribution in [0.4, 0.5) is 0 Å². The summed E-state index contributed by atoms with van der Waals surface area (Å²) in [4.78, 5) is 8.72. The lowest BCUT2D eigenvalue weighted by Crippen LogP contribution is -2.18. The number of benzene rings is 1. The zero-order chi connectivity index (χ0) is 14.4. The Morgan fingerprint density at radius 1 is 1.20 bits per heavy atom. The first-order valence-corrected chi connectivity index (χ1v) is 7.90. The smallest absolute Gasteiger partial charge is 0.187 e. The van der Waals surface area contributed by atoms with Crippen LogP contribution in [0, 0.1) is 6.92 Å². The van der Waals surface area contributed by atoms with Gasteiger partial charge in [0.25, 0.3) is 0 Å². The van der Waals surface area contributed by atoms with E-state index in [0.717, 1.165) is 23.0 Å². The fourth-order valence-electron chi connectivity index (χ4n) is 1.99.